The van der Waals surface area contributed by atoms with Gasteiger partial charge in [0.2, 0.25) is 17.7 Å². The first kappa shape index (κ1) is 31.5. The normalized spacial score (nSPS) is 20.3. The van der Waals surface area contributed by atoms with Gasteiger partial charge >= 0.3 is 0 Å². The Balaban J connectivity index is 1.46. The zero-order valence-electron chi connectivity index (χ0n) is 24.8. The molecule has 3 aromatic carbocycles. The van der Waals surface area contributed by atoms with Gasteiger partial charge < -0.3 is 19.7 Å². The Kier molecular flexibility index (Phi) is 9.13. The van der Waals surface area contributed by atoms with Crippen molar-refractivity contribution in [2.24, 2.45) is 0 Å². The van der Waals surface area contributed by atoms with Crippen molar-refractivity contribution in [3.8, 4) is 0 Å². The molecule has 0 saturated carbocycles. The highest BCUT2D eigenvalue weighted by Gasteiger charge is 2.59. The van der Waals surface area contributed by atoms with Crippen LogP contribution in [0.4, 0.5) is 4.39 Å². The molecule has 2 atom stereocenters. The van der Waals surface area contributed by atoms with Gasteiger partial charge in [0.1, 0.15) is 10.6 Å². The molecule has 234 valence electrons. The standard InChI is InChI=1S/C34H33Cl2FN4O3S/c1-2-6-30(42)39-13-15-40(16-14-39)33(44)34(45-24-7-4-3-5-8-24)19-31(43)41(21-22-9-12-27(36)28(37)17-22)32(34)26-20-38-29-18-23(35)10-11-25(26)29/h3-5,7-12,17-18,20,32,38H,2,6,13-16,19,21H2,1H3/t32-,34-/m1/s1. The van der Waals surface area contributed by atoms with Gasteiger partial charge in [-0.1, -0.05) is 60.5 Å². The van der Waals surface area contributed by atoms with E-state index in [1.54, 1.807) is 21.9 Å². The van der Waals surface area contributed by atoms with E-state index < -0.39 is 16.6 Å². The minimum Gasteiger partial charge on any atom is -0.361 e. The summed E-state index contributed by atoms with van der Waals surface area (Å²) in [7, 11) is 0. The molecule has 4 aromatic rings. The summed E-state index contributed by atoms with van der Waals surface area (Å²) >= 11 is 13.7. The van der Waals surface area contributed by atoms with Gasteiger partial charge in [-0.15, -0.1) is 11.8 Å². The number of benzene rings is 3. The van der Waals surface area contributed by atoms with Crippen molar-refractivity contribution in [2.75, 3.05) is 26.2 Å². The quantitative estimate of drug-likeness (QED) is 0.218. The maximum Gasteiger partial charge on any atom is 0.242 e. The number of halogens is 3. The van der Waals surface area contributed by atoms with Crippen LogP contribution in [0.3, 0.4) is 0 Å². The summed E-state index contributed by atoms with van der Waals surface area (Å²) in [5.74, 6) is -0.862. The lowest BCUT2D eigenvalue weighted by Crippen LogP contribution is -2.57. The molecule has 11 heteroatoms. The number of rotatable bonds is 8. The monoisotopic (exact) mass is 666 g/mol. The fourth-order valence-corrected chi connectivity index (χ4v) is 8.21. The lowest BCUT2D eigenvalue weighted by Gasteiger charge is -2.42. The minimum atomic E-state index is -1.26. The van der Waals surface area contributed by atoms with Gasteiger partial charge in [0.15, 0.2) is 0 Å². The minimum absolute atomic E-state index is 0.00252. The molecule has 2 saturated heterocycles. The second kappa shape index (κ2) is 13.1. The van der Waals surface area contributed by atoms with Crippen LogP contribution in [0.15, 0.2) is 77.8 Å². The van der Waals surface area contributed by atoms with Crippen molar-refractivity contribution in [3.05, 3.63) is 99.9 Å². The van der Waals surface area contributed by atoms with Crippen molar-refractivity contribution in [1.82, 2.24) is 19.7 Å². The number of hydrogen-bond acceptors (Lipinski definition) is 4. The molecule has 3 heterocycles. The molecule has 7 nitrogen and oxygen atoms in total. The summed E-state index contributed by atoms with van der Waals surface area (Å²) in [6, 6.07) is 18.9. The number of aromatic amines is 1. The number of fused-ring (bicyclic) bond motifs is 1. The summed E-state index contributed by atoms with van der Waals surface area (Å²) in [4.78, 5) is 51.2. The van der Waals surface area contributed by atoms with Crippen LogP contribution >= 0.6 is 35.0 Å². The summed E-state index contributed by atoms with van der Waals surface area (Å²) in [5, 5.41) is 1.40. The van der Waals surface area contributed by atoms with Crippen LogP contribution in [0, 0.1) is 5.82 Å². The molecule has 1 N–H and O–H groups in total. The molecule has 2 fully saturated rings. The van der Waals surface area contributed by atoms with Gasteiger partial charge in [-0.2, -0.15) is 0 Å². The first-order valence-electron chi connectivity index (χ1n) is 15.0. The number of carbonyl (C=O) groups excluding carboxylic acids is 3. The van der Waals surface area contributed by atoms with Gasteiger partial charge in [0.25, 0.3) is 0 Å². The maximum atomic E-state index is 15.0. The second-order valence-corrected chi connectivity index (χ2v) is 13.8. The molecule has 0 aliphatic carbocycles. The van der Waals surface area contributed by atoms with Gasteiger partial charge in [-0.25, -0.2) is 4.39 Å². The van der Waals surface area contributed by atoms with Gasteiger partial charge in [-0.3, -0.25) is 14.4 Å². The van der Waals surface area contributed by atoms with E-state index >= 15 is 0 Å². The van der Waals surface area contributed by atoms with Crippen LogP contribution in [-0.2, 0) is 20.9 Å². The highest BCUT2D eigenvalue weighted by Crippen LogP contribution is 2.55. The Hall–Kier alpha value is -3.53. The molecule has 3 amide bonds. The molecule has 0 bridgehead atoms. The lowest BCUT2D eigenvalue weighted by molar-refractivity contribution is -0.141. The van der Waals surface area contributed by atoms with E-state index in [0.29, 0.717) is 43.2 Å². The predicted molar refractivity (Wildman–Crippen MR) is 176 cm³/mol. The topological polar surface area (TPSA) is 76.7 Å². The van der Waals surface area contributed by atoms with E-state index in [0.717, 1.165) is 27.8 Å². The van der Waals surface area contributed by atoms with Crippen molar-refractivity contribution in [1.29, 1.82) is 0 Å². The fraction of sp³-hybridized carbons (Fsp3) is 0.324. The smallest absolute Gasteiger partial charge is 0.242 e. The third-order valence-electron chi connectivity index (χ3n) is 8.58. The first-order chi connectivity index (χ1) is 21.7. The summed E-state index contributed by atoms with van der Waals surface area (Å²) < 4.78 is 13.3. The highest BCUT2D eigenvalue weighted by atomic mass is 35.5. The third kappa shape index (κ3) is 6.18. The molecule has 2 aliphatic heterocycles. The van der Waals surface area contributed by atoms with Crippen LogP contribution in [-0.4, -0.2) is 68.3 Å². The van der Waals surface area contributed by atoms with Crippen molar-refractivity contribution < 1.29 is 18.8 Å². The molecule has 2 aliphatic rings. The summed E-state index contributed by atoms with van der Waals surface area (Å²) in [5.41, 5.74) is 2.12. The number of hydrogen-bond donors (Lipinski definition) is 1. The Morgan fingerprint density at radius 2 is 1.73 bits per heavy atom. The lowest BCUT2D eigenvalue weighted by atomic mass is 9.90. The van der Waals surface area contributed by atoms with E-state index in [2.05, 4.69) is 4.98 Å². The number of amides is 3. The summed E-state index contributed by atoms with van der Waals surface area (Å²) in [6.45, 7) is 3.68. The molecule has 1 aromatic heterocycles. The van der Waals surface area contributed by atoms with Crippen molar-refractivity contribution in [2.45, 2.75) is 48.4 Å². The zero-order valence-corrected chi connectivity index (χ0v) is 27.1. The average molecular weight is 668 g/mol. The van der Waals surface area contributed by atoms with Crippen molar-refractivity contribution in [3.63, 3.8) is 0 Å². The van der Waals surface area contributed by atoms with Gasteiger partial charge in [-0.05, 0) is 48.4 Å². The van der Waals surface area contributed by atoms with Gasteiger partial charge in [0.05, 0.1) is 17.5 Å². The second-order valence-electron chi connectivity index (χ2n) is 11.5. The van der Waals surface area contributed by atoms with Crippen LogP contribution < -0.4 is 0 Å². The van der Waals surface area contributed by atoms with Gasteiger partial charge in [0, 0.05) is 71.7 Å². The number of likely N-dealkylation sites (tertiary alicyclic amines) is 1. The number of thioether (sulfide) groups is 1. The number of aromatic nitrogens is 1. The fourth-order valence-electron chi connectivity index (χ4n) is 6.42. The number of carbonyl (C=O) groups is 3. The van der Waals surface area contributed by atoms with Crippen LogP contribution in [0.5, 0.6) is 0 Å². The Morgan fingerprint density at radius 1 is 1.00 bits per heavy atom. The average Bonchev–Trinajstić information content (AvgIpc) is 3.56. The third-order valence-corrected chi connectivity index (χ3v) is 10.5. The molecule has 0 radical (unpaired) electrons. The zero-order chi connectivity index (χ0) is 31.7. The van der Waals surface area contributed by atoms with E-state index in [4.69, 9.17) is 23.2 Å². The van der Waals surface area contributed by atoms with Crippen LogP contribution in [0.2, 0.25) is 10.0 Å². The molecule has 45 heavy (non-hydrogen) atoms. The highest BCUT2D eigenvalue weighted by molar-refractivity contribution is 8.01. The van der Waals surface area contributed by atoms with E-state index in [9.17, 15) is 18.8 Å². The van der Waals surface area contributed by atoms with Crippen molar-refractivity contribution >= 4 is 63.6 Å². The Bertz CT molecular complexity index is 1740. The Labute approximate surface area is 275 Å². The molecule has 6 rings (SSSR count). The number of nitrogens with zero attached hydrogens (tertiary/aromatic N) is 3. The number of nitrogens with one attached hydrogen (secondary N) is 1. The largest absolute Gasteiger partial charge is 0.361 e. The first-order valence-corrected chi connectivity index (χ1v) is 16.6. The molecule has 0 spiro atoms. The number of H-pyrrole nitrogens is 1. The van der Waals surface area contributed by atoms with Crippen LogP contribution in [0.1, 0.15) is 43.4 Å². The molecular weight excluding hydrogens is 634 g/mol. The molecule has 0 unspecified atom stereocenters. The van der Waals surface area contributed by atoms with E-state index in [1.165, 1.54) is 23.9 Å². The van der Waals surface area contributed by atoms with E-state index in [-0.39, 0.29) is 35.7 Å². The number of piperazine rings is 1. The van der Waals surface area contributed by atoms with Crippen LogP contribution in [0.25, 0.3) is 10.9 Å². The maximum absolute atomic E-state index is 15.0. The summed E-state index contributed by atoms with van der Waals surface area (Å²) in [6.07, 6.45) is 3.03. The Morgan fingerprint density at radius 3 is 2.44 bits per heavy atom. The van der Waals surface area contributed by atoms with E-state index in [1.807, 2.05) is 60.5 Å². The molecular formula is C34H33Cl2FN4O3S. The predicted octanol–water partition coefficient (Wildman–Crippen LogP) is 7.09. The SMILES string of the molecule is CCCC(=O)N1CCN(C(=O)[C@@]2(Sc3ccccc3)CC(=O)N(Cc3ccc(Cl)c(F)c3)[C@@H]2c2c[nH]c3cc(Cl)ccc23)CC1.